The van der Waals surface area contributed by atoms with Gasteiger partial charge in [0.15, 0.2) is 0 Å². The summed E-state index contributed by atoms with van der Waals surface area (Å²) in [5.41, 5.74) is 1.44. The van der Waals surface area contributed by atoms with Gasteiger partial charge in [-0.1, -0.05) is 44.2 Å². The summed E-state index contributed by atoms with van der Waals surface area (Å²) < 4.78 is 0. The maximum atomic E-state index is 10.6. The third kappa shape index (κ3) is 7.83. The predicted octanol–water partition coefficient (Wildman–Crippen LogP) is 2.55. The lowest BCUT2D eigenvalue weighted by molar-refractivity contribution is -0.137. The lowest BCUT2D eigenvalue weighted by Gasteiger charge is -2.34. The van der Waals surface area contributed by atoms with Gasteiger partial charge in [-0.15, -0.1) is 0 Å². The SMILES string of the molecule is CN(CCC(=O)O)CC(C)(C)CN(C)Cc1ccccc1. The summed E-state index contributed by atoms with van der Waals surface area (Å²) in [5, 5.41) is 8.74. The molecule has 1 rings (SSSR count). The number of hydrogen-bond acceptors (Lipinski definition) is 3. The number of carbonyl (C=O) groups is 1. The van der Waals surface area contributed by atoms with E-state index in [1.165, 1.54) is 5.56 Å². The quantitative estimate of drug-likeness (QED) is 0.759. The molecule has 4 nitrogen and oxygen atoms in total. The topological polar surface area (TPSA) is 43.8 Å². The monoisotopic (exact) mass is 292 g/mol. The van der Waals surface area contributed by atoms with Crippen molar-refractivity contribution in [1.29, 1.82) is 0 Å². The highest BCUT2D eigenvalue weighted by Gasteiger charge is 2.22. The summed E-state index contributed by atoms with van der Waals surface area (Å²) in [5.74, 6) is -0.735. The number of hydrogen-bond donors (Lipinski definition) is 1. The van der Waals surface area contributed by atoms with Gasteiger partial charge >= 0.3 is 5.97 Å². The number of nitrogens with zero attached hydrogens (tertiary/aromatic N) is 2. The first-order valence-corrected chi connectivity index (χ1v) is 7.41. The standard InChI is InChI=1S/C17H28N2O2/c1-17(2,13-18(3)11-10-16(20)21)14-19(4)12-15-8-6-5-7-9-15/h5-9H,10-14H2,1-4H3,(H,20,21). The first-order chi connectivity index (χ1) is 9.78. The van der Waals surface area contributed by atoms with Crippen LogP contribution in [0.3, 0.4) is 0 Å². The predicted molar refractivity (Wildman–Crippen MR) is 86.3 cm³/mol. The normalized spacial score (nSPS) is 12.1. The molecule has 1 N–H and O–H groups in total. The zero-order chi connectivity index (χ0) is 15.9. The molecule has 1 aromatic rings. The number of aliphatic carboxylic acids is 1. The lowest BCUT2D eigenvalue weighted by Crippen LogP contribution is -2.40. The molecule has 0 bridgehead atoms. The summed E-state index contributed by atoms with van der Waals surface area (Å²) in [6.07, 6.45) is 0.201. The molecule has 0 heterocycles. The molecule has 0 saturated heterocycles. The molecule has 0 saturated carbocycles. The van der Waals surface area contributed by atoms with Crippen LogP contribution in [0.5, 0.6) is 0 Å². The highest BCUT2D eigenvalue weighted by molar-refractivity contribution is 5.66. The molecule has 0 aliphatic heterocycles. The molecule has 0 fully saturated rings. The van der Waals surface area contributed by atoms with Gasteiger partial charge in [0.25, 0.3) is 0 Å². The number of carboxylic acid groups (broad SMARTS) is 1. The molecule has 0 spiro atoms. The number of carboxylic acids is 1. The largest absolute Gasteiger partial charge is 0.481 e. The lowest BCUT2D eigenvalue weighted by atomic mass is 9.92. The molecular formula is C17H28N2O2. The van der Waals surface area contributed by atoms with Crippen LogP contribution in [0.1, 0.15) is 25.8 Å². The van der Waals surface area contributed by atoms with Gasteiger partial charge < -0.3 is 14.9 Å². The maximum Gasteiger partial charge on any atom is 0.304 e. The molecule has 0 aliphatic rings. The third-order valence-corrected chi connectivity index (χ3v) is 3.40. The van der Waals surface area contributed by atoms with Gasteiger partial charge in [0, 0.05) is 26.2 Å². The Morgan fingerprint density at radius 2 is 1.67 bits per heavy atom. The van der Waals surface area contributed by atoms with E-state index in [4.69, 9.17) is 5.11 Å². The van der Waals surface area contributed by atoms with Crippen LogP contribution in [-0.4, -0.2) is 54.6 Å². The summed E-state index contributed by atoms with van der Waals surface area (Å²) in [6.45, 7) is 7.85. The number of benzene rings is 1. The molecule has 0 radical (unpaired) electrons. The average Bonchev–Trinajstić information content (AvgIpc) is 2.36. The van der Waals surface area contributed by atoms with Gasteiger partial charge in [-0.3, -0.25) is 4.79 Å². The summed E-state index contributed by atoms with van der Waals surface area (Å²) in [4.78, 5) is 15.0. The molecule has 0 aromatic heterocycles. The Morgan fingerprint density at radius 1 is 1.10 bits per heavy atom. The molecule has 0 unspecified atom stereocenters. The fourth-order valence-corrected chi connectivity index (χ4v) is 2.83. The molecular weight excluding hydrogens is 264 g/mol. The molecule has 118 valence electrons. The van der Waals surface area contributed by atoms with E-state index in [1.807, 2.05) is 13.1 Å². The Morgan fingerprint density at radius 3 is 2.24 bits per heavy atom. The Labute approximate surface area is 128 Å². The van der Waals surface area contributed by atoms with E-state index in [-0.39, 0.29) is 11.8 Å². The van der Waals surface area contributed by atoms with Gasteiger partial charge in [-0.25, -0.2) is 0 Å². The second-order valence-corrected chi connectivity index (χ2v) is 6.70. The van der Waals surface area contributed by atoms with Gasteiger partial charge in [-0.05, 0) is 25.1 Å². The van der Waals surface area contributed by atoms with Crippen molar-refractivity contribution in [2.75, 3.05) is 33.7 Å². The van der Waals surface area contributed by atoms with Crippen molar-refractivity contribution in [3.63, 3.8) is 0 Å². The van der Waals surface area contributed by atoms with E-state index < -0.39 is 5.97 Å². The minimum absolute atomic E-state index is 0.122. The fourth-order valence-electron chi connectivity index (χ4n) is 2.83. The van der Waals surface area contributed by atoms with Crippen LogP contribution >= 0.6 is 0 Å². The second kappa shape index (κ2) is 8.15. The van der Waals surface area contributed by atoms with Crippen molar-refractivity contribution in [1.82, 2.24) is 9.80 Å². The molecule has 21 heavy (non-hydrogen) atoms. The van der Waals surface area contributed by atoms with Crippen molar-refractivity contribution < 1.29 is 9.90 Å². The zero-order valence-electron chi connectivity index (χ0n) is 13.7. The molecule has 0 aliphatic carbocycles. The Balaban J connectivity index is 2.41. The number of rotatable bonds is 9. The van der Waals surface area contributed by atoms with Crippen molar-refractivity contribution in [3.8, 4) is 0 Å². The highest BCUT2D eigenvalue weighted by Crippen LogP contribution is 2.19. The van der Waals surface area contributed by atoms with Crippen LogP contribution in [-0.2, 0) is 11.3 Å². The van der Waals surface area contributed by atoms with Gasteiger partial charge in [0.05, 0.1) is 6.42 Å². The van der Waals surface area contributed by atoms with E-state index in [1.54, 1.807) is 0 Å². The molecule has 0 atom stereocenters. The van der Waals surface area contributed by atoms with E-state index >= 15 is 0 Å². The Kier molecular flexibility index (Phi) is 6.85. The van der Waals surface area contributed by atoms with Gasteiger partial charge in [0.2, 0.25) is 0 Å². The van der Waals surface area contributed by atoms with Crippen LogP contribution < -0.4 is 0 Å². The van der Waals surface area contributed by atoms with E-state index in [9.17, 15) is 4.79 Å². The second-order valence-electron chi connectivity index (χ2n) is 6.70. The summed E-state index contributed by atoms with van der Waals surface area (Å²) in [7, 11) is 4.12. The van der Waals surface area contributed by atoms with E-state index in [0.717, 1.165) is 19.6 Å². The summed E-state index contributed by atoms with van der Waals surface area (Å²) in [6, 6.07) is 10.4. The fraction of sp³-hybridized carbons (Fsp3) is 0.588. The van der Waals surface area contributed by atoms with Crippen LogP contribution in [0.2, 0.25) is 0 Å². The zero-order valence-corrected chi connectivity index (χ0v) is 13.7. The van der Waals surface area contributed by atoms with Gasteiger partial charge in [0.1, 0.15) is 0 Å². The Hall–Kier alpha value is -1.39. The van der Waals surface area contributed by atoms with Crippen LogP contribution in [0, 0.1) is 5.41 Å². The van der Waals surface area contributed by atoms with Crippen molar-refractivity contribution in [2.24, 2.45) is 5.41 Å². The molecule has 4 heteroatoms. The van der Waals surface area contributed by atoms with Crippen LogP contribution in [0.4, 0.5) is 0 Å². The smallest absolute Gasteiger partial charge is 0.304 e. The third-order valence-electron chi connectivity index (χ3n) is 3.40. The molecule has 0 amide bonds. The molecule has 1 aromatic carbocycles. The average molecular weight is 292 g/mol. The van der Waals surface area contributed by atoms with Gasteiger partial charge in [-0.2, -0.15) is 0 Å². The van der Waals surface area contributed by atoms with Crippen molar-refractivity contribution in [2.45, 2.75) is 26.8 Å². The van der Waals surface area contributed by atoms with E-state index in [0.29, 0.717) is 6.54 Å². The van der Waals surface area contributed by atoms with Crippen molar-refractivity contribution >= 4 is 5.97 Å². The summed E-state index contributed by atoms with van der Waals surface area (Å²) >= 11 is 0. The first-order valence-electron chi connectivity index (χ1n) is 7.41. The highest BCUT2D eigenvalue weighted by atomic mass is 16.4. The van der Waals surface area contributed by atoms with Crippen LogP contribution in [0.15, 0.2) is 30.3 Å². The minimum Gasteiger partial charge on any atom is -0.481 e. The maximum absolute atomic E-state index is 10.6. The minimum atomic E-state index is -0.735. The van der Waals surface area contributed by atoms with E-state index in [2.05, 4.69) is 55.0 Å². The Bertz CT molecular complexity index is 432. The van der Waals surface area contributed by atoms with Crippen LogP contribution in [0.25, 0.3) is 0 Å². The van der Waals surface area contributed by atoms with Crippen molar-refractivity contribution in [3.05, 3.63) is 35.9 Å². The first kappa shape index (κ1) is 17.7.